The third-order valence-corrected chi connectivity index (χ3v) is 7.91. The molecule has 254 valence electrons. The average molecular weight is 626 g/mol. The van der Waals surface area contributed by atoms with E-state index in [4.69, 9.17) is 42.3 Å². The molecule has 8 unspecified atom stereocenters. The Morgan fingerprint density at radius 1 is 1.14 bits per heavy atom. The lowest BCUT2D eigenvalue weighted by atomic mass is 9.83. The van der Waals surface area contributed by atoms with Crippen LogP contribution in [-0.2, 0) is 14.2 Å². The summed E-state index contributed by atoms with van der Waals surface area (Å²) < 4.78 is 17.4. The largest absolute Gasteiger partial charge is 0.394 e. The standard InChI is InChI=1S/C26H55N7O10/c1-26(40)12-41-25(19(38)22(26)31-2)43-21-16(33-23(30)17(36)6-7-27)9-15(29)20(18(21)37)42-24(39)14(28)5-3-4-8-32-10-13(35)11-34/h13-22,24-25,31-32,34-40H,3-12,27-29H2,1-2H3,(H2,30,33)/t13?,14?,15-,16+,17?,18?,19?,20?,21?,22+,24+,25+,26?/m0/s1. The van der Waals surface area contributed by atoms with Crippen molar-refractivity contribution in [2.75, 3.05) is 39.9 Å². The van der Waals surface area contributed by atoms with Crippen LogP contribution in [0.1, 0.15) is 39.0 Å². The number of nitrogens with one attached hydrogen (secondary N) is 2. The minimum absolute atomic E-state index is 0.0613. The second-order valence-electron chi connectivity index (χ2n) is 11.7. The van der Waals surface area contributed by atoms with Crippen LogP contribution >= 0.6 is 0 Å². The fourth-order valence-corrected chi connectivity index (χ4v) is 5.37. The monoisotopic (exact) mass is 625 g/mol. The summed E-state index contributed by atoms with van der Waals surface area (Å²) >= 11 is 0. The number of nitrogens with zero attached hydrogens (tertiary/aromatic N) is 1. The third kappa shape index (κ3) is 11.0. The second kappa shape index (κ2) is 18.1. The molecule has 0 aromatic rings. The van der Waals surface area contributed by atoms with Crippen molar-refractivity contribution in [3.63, 3.8) is 0 Å². The van der Waals surface area contributed by atoms with Gasteiger partial charge in [-0.1, -0.05) is 6.42 Å². The molecule has 0 bridgehead atoms. The number of amidine groups is 1. The molecule has 1 heterocycles. The lowest BCUT2D eigenvalue weighted by molar-refractivity contribution is -0.302. The van der Waals surface area contributed by atoms with Crippen molar-refractivity contribution in [2.45, 2.75) is 118 Å². The molecule has 2 rings (SSSR count). The Labute approximate surface area is 252 Å². The summed E-state index contributed by atoms with van der Waals surface area (Å²) in [4.78, 5) is 4.37. The first-order valence-corrected chi connectivity index (χ1v) is 14.9. The van der Waals surface area contributed by atoms with Crippen molar-refractivity contribution in [3.8, 4) is 0 Å². The Bertz CT molecular complexity index is 831. The first-order chi connectivity index (χ1) is 20.3. The molecule has 0 amide bonds. The summed E-state index contributed by atoms with van der Waals surface area (Å²) in [5.74, 6) is -0.133. The molecular weight excluding hydrogens is 570 g/mol. The van der Waals surface area contributed by atoms with Crippen molar-refractivity contribution in [1.29, 1.82) is 0 Å². The normalized spacial score (nSPS) is 36.7. The van der Waals surface area contributed by atoms with Gasteiger partial charge in [0, 0.05) is 12.6 Å². The first-order valence-electron chi connectivity index (χ1n) is 14.9. The summed E-state index contributed by atoms with van der Waals surface area (Å²) in [7, 11) is 1.57. The van der Waals surface area contributed by atoms with E-state index >= 15 is 0 Å². The number of aliphatic hydroxyl groups is 7. The van der Waals surface area contributed by atoms with Crippen LogP contribution in [0.2, 0.25) is 0 Å². The van der Waals surface area contributed by atoms with Crippen LogP contribution in [0.4, 0.5) is 0 Å². The number of nitrogens with two attached hydrogens (primary N) is 4. The molecule has 13 atom stereocenters. The van der Waals surface area contributed by atoms with Gasteiger partial charge in [0.1, 0.15) is 42.0 Å². The van der Waals surface area contributed by atoms with Crippen molar-refractivity contribution < 1.29 is 50.0 Å². The van der Waals surface area contributed by atoms with Crippen molar-refractivity contribution in [3.05, 3.63) is 0 Å². The molecule has 43 heavy (non-hydrogen) atoms. The first kappa shape index (κ1) is 38.1. The maximum Gasteiger partial charge on any atom is 0.185 e. The lowest BCUT2D eigenvalue weighted by Gasteiger charge is -2.47. The smallest absolute Gasteiger partial charge is 0.185 e. The van der Waals surface area contributed by atoms with E-state index in [0.29, 0.717) is 25.8 Å². The zero-order valence-electron chi connectivity index (χ0n) is 25.1. The molecule has 1 saturated heterocycles. The molecule has 1 saturated carbocycles. The van der Waals surface area contributed by atoms with Gasteiger partial charge in [0.2, 0.25) is 0 Å². The Morgan fingerprint density at radius 2 is 1.84 bits per heavy atom. The van der Waals surface area contributed by atoms with Crippen LogP contribution in [0.3, 0.4) is 0 Å². The number of ether oxygens (including phenoxy) is 3. The average Bonchev–Trinajstić information content (AvgIpc) is 2.95. The lowest BCUT2D eigenvalue weighted by Crippen LogP contribution is -2.67. The van der Waals surface area contributed by atoms with Crippen molar-refractivity contribution in [1.82, 2.24) is 10.6 Å². The predicted octanol–water partition coefficient (Wildman–Crippen LogP) is -5.90. The van der Waals surface area contributed by atoms with Gasteiger partial charge in [0.15, 0.2) is 12.6 Å². The van der Waals surface area contributed by atoms with Gasteiger partial charge >= 0.3 is 0 Å². The Kier molecular flexibility index (Phi) is 16.0. The van der Waals surface area contributed by atoms with E-state index in [-0.39, 0.29) is 45.0 Å². The highest BCUT2D eigenvalue weighted by Crippen LogP contribution is 2.32. The molecule has 1 aliphatic carbocycles. The van der Waals surface area contributed by atoms with Crippen molar-refractivity contribution >= 4 is 5.84 Å². The van der Waals surface area contributed by atoms with Crippen LogP contribution in [0.5, 0.6) is 0 Å². The highest BCUT2D eigenvalue weighted by molar-refractivity contribution is 5.84. The molecular formula is C26H55N7O10. The topological polar surface area (TPSA) is 310 Å². The zero-order chi connectivity index (χ0) is 32.3. The maximum absolute atomic E-state index is 11.4. The number of unbranched alkanes of at least 4 members (excludes halogenated alkanes) is 1. The fraction of sp³-hybridized carbons (Fsp3) is 0.962. The number of aliphatic hydroxyl groups excluding tert-OH is 6. The Hall–Kier alpha value is -1.13. The van der Waals surface area contributed by atoms with E-state index < -0.39 is 79.0 Å². The molecule has 0 radical (unpaired) electrons. The Balaban J connectivity index is 2.12. The van der Waals surface area contributed by atoms with Crippen molar-refractivity contribution in [2.24, 2.45) is 27.9 Å². The third-order valence-electron chi connectivity index (χ3n) is 7.91. The number of hydrogen-bond donors (Lipinski definition) is 13. The molecule has 17 nitrogen and oxygen atoms in total. The van der Waals surface area contributed by atoms with Gasteiger partial charge in [-0.2, -0.15) is 0 Å². The molecule has 2 aliphatic rings. The van der Waals surface area contributed by atoms with E-state index in [1.54, 1.807) is 7.05 Å². The van der Waals surface area contributed by atoms with Crippen LogP contribution < -0.4 is 33.6 Å². The van der Waals surface area contributed by atoms with Crippen LogP contribution in [0.25, 0.3) is 0 Å². The molecule has 2 fully saturated rings. The van der Waals surface area contributed by atoms with E-state index in [2.05, 4.69) is 15.6 Å². The summed E-state index contributed by atoms with van der Waals surface area (Å²) in [6.45, 7) is 1.99. The van der Waals surface area contributed by atoms with E-state index in [1.807, 2.05) is 0 Å². The SMILES string of the molecule is CN[C@@H]1C(O)[C@@H](OC2C(O)C(O[C@@H](O)C(N)CCCCNCC(O)CO)[C@@H](N)C[C@H]2N=C(N)C(O)CCN)OCC1(C)O. The summed E-state index contributed by atoms with van der Waals surface area (Å²) in [5, 5.41) is 78.0. The van der Waals surface area contributed by atoms with Gasteiger partial charge in [-0.3, -0.25) is 4.99 Å². The molecule has 0 aromatic carbocycles. The highest BCUT2D eigenvalue weighted by Gasteiger charge is 2.51. The van der Waals surface area contributed by atoms with E-state index in [9.17, 15) is 30.6 Å². The molecule has 17 heteroatoms. The summed E-state index contributed by atoms with van der Waals surface area (Å²) in [6.07, 6.45) is -8.02. The van der Waals surface area contributed by atoms with Gasteiger partial charge in [0.05, 0.1) is 37.4 Å². The minimum atomic E-state index is -1.49. The van der Waals surface area contributed by atoms with Gasteiger partial charge in [-0.15, -0.1) is 0 Å². The minimum Gasteiger partial charge on any atom is -0.394 e. The fourth-order valence-electron chi connectivity index (χ4n) is 5.37. The maximum atomic E-state index is 11.4. The highest BCUT2D eigenvalue weighted by atomic mass is 16.7. The number of likely N-dealkylation sites (N-methyl/N-ethyl adjacent to an activating group) is 1. The summed E-state index contributed by atoms with van der Waals surface area (Å²) in [6, 6.07) is -3.38. The Morgan fingerprint density at radius 3 is 2.47 bits per heavy atom. The molecule has 0 spiro atoms. The molecule has 17 N–H and O–H groups in total. The number of rotatable bonds is 18. The van der Waals surface area contributed by atoms with E-state index in [1.165, 1.54) is 6.92 Å². The van der Waals surface area contributed by atoms with Gasteiger partial charge < -0.3 is 83.5 Å². The van der Waals surface area contributed by atoms with Crippen LogP contribution in [0.15, 0.2) is 4.99 Å². The summed E-state index contributed by atoms with van der Waals surface area (Å²) in [5.41, 5.74) is 22.6. The number of hydrogen-bond acceptors (Lipinski definition) is 16. The van der Waals surface area contributed by atoms with Gasteiger partial charge in [-0.25, -0.2) is 0 Å². The van der Waals surface area contributed by atoms with Crippen LogP contribution in [-0.4, -0.2) is 160 Å². The quantitative estimate of drug-likeness (QED) is 0.0292. The second-order valence-corrected chi connectivity index (χ2v) is 11.7. The number of aliphatic imine (C=N–C) groups is 1. The van der Waals surface area contributed by atoms with E-state index in [0.717, 1.165) is 0 Å². The van der Waals surface area contributed by atoms with Gasteiger partial charge in [0.25, 0.3) is 0 Å². The zero-order valence-corrected chi connectivity index (χ0v) is 25.1. The predicted molar refractivity (Wildman–Crippen MR) is 156 cm³/mol. The molecule has 1 aliphatic heterocycles. The van der Waals surface area contributed by atoms with Gasteiger partial charge in [-0.05, 0) is 52.7 Å². The van der Waals surface area contributed by atoms with Crippen LogP contribution in [0, 0.1) is 0 Å². The molecule has 0 aromatic heterocycles.